The van der Waals surface area contributed by atoms with Crippen LogP contribution in [0, 0.1) is 0 Å². The Labute approximate surface area is 180 Å². The molecule has 0 aliphatic carbocycles. The van der Waals surface area contributed by atoms with Gasteiger partial charge in [0.15, 0.2) is 0 Å². The Morgan fingerprint density at radius 3 is 2.14 bits per heavy atom. The van der Waals surface area contributed by atoms with E-state index in [2.05, 4.69) is 0 Å². The van der Waals surface area contributed by atoms with Crippen molar-refractivity contribution in [3.05, 3.63) is 80.7 Å². The molecule has 2 amide bonds. The van der Waals surface area contributed by atoms with E-state index in [0.717, 1.165) is 10.4 Å². The van der Waals surface area contributed by atoms with E-state index in [9.17, 15) is 9.59 Å². The summed E-state index contributed by atoms with van der Waals surface area (Å²) in [6.45, 7) is 7.00. The predicted octanol–water partition coefficient (Wildman–Crippen LogP) is 5.28. The number of rotatable bonds is 7. The molecule has 4 nitrogen and oxygen atoms in total. The maximum absolute atomic E-state index is 13.3. The second kappa shape index (κ2) is 9.37. The van der Waals surface area contributed by atoms with Crippen LogP contribution in [-0.2, 0) is 17.9 Å². The van der Waals surface area contributed by atoms with Crippen LogP contribution in [-0.4, -0.2) is 33.7 Å². The molecule has 0 spiro atoms. The highest BCUT2D eigenvalue weighted by atomic mass is 32.1. The molecular formula is C23H26N2O2S2. The predicted molar refractivity (Wildman–Crippen MR) is 120 cm³/mol. The molecule has 3 aromatic rings. The zero-order valence-electron chi connectivity index (χ0n) is 17.0. The van der Waals surface area contributed by atoms with Gasteiger partial charge in [-0.1, -0.05) is 42.5 Å². The van der Waals surface area contributed by atoms with Crippen molar-refractivity contribution in [3.63, 3.8) is 0 Å². The molecule has 0 aliphatic rings. The van der Waals surface area contributed by atoms with Gasteiger partial charge in [-0.25, -0.2) is 0 Å². The molecule has 0 aliphatic heterocycles. The van der Waals surface area contributed by atoms with Gasteiger partial charge >= 0.3 is 0 Å². The highest BCUT2D eigenvalue weighted by Crippen LogP contribution is 2.22. The first-order chi connectivity index (χ1) is 13.8. The summed E-state index contributed by atoms with van der Waals surface area (Å²) in [5.41, 5.74) is 0.613. The lowest BCUT2D eigenvalue weighted by molar-refractivity contribution is -0.134. The first-order valence-electron chi connectivity index (χ1n) is 9.54. The smallest absolute Gasteiger partial charge is 0.264 e. The largest absolute Gasteiger partial charge is 0.332 e. The van der Waals surface area contributed by atoms with E-state index in [1.165, 1.54) is 11.3 Å². The molecular weight excluding hydrogens is 400 g/mol. The Morgan fingerprint density at radius 2 is 1.55 bits per heavy atom. The van der Waals surface area contributed by atoms with Crippen LogP contribution in [0.2, 0.25) is 0 Å². The van der Waals surface area contributed by atoms with Crippen molar-refractivity contribution in [1.82, 2.24) is 9.80 Å². The number of amides is 2. The molecule has 6 heteroatoms. The minimum atomic E-state index is -0.460. The van der Waals surface area contributed by atoms with Crippen LogP contribution in [0.4, 0.5) is 0 Å². The van der Waals surface area contributed by atoms with Crippen LogP contribution in [0.1, 0.15) is 40.9 Å². The maximum Gasteiger partial charge on any atom is 0.264 e. The van der Waals surface area contributed by atoms with Crippen molar-refractivity contribution in [2.45, 2.75) is 39.4 Å². The number of benzene rings is 1. The minimum absolute atomic E-state index is 0.0536. The number of thiophene rings is 2. The second-order valence-electron chi connectivity index (χ2n) is 7.85. The topological polar surface area (TPSA) is 40.6 Å². The summed E-state index contributed by atoms with van der Waals surface area (Å²) in [4.78, 5) is 31.7. The fraction of sp³-hybridized carbons (Fsp3) is 0.304. The van der Waals surface area contributed by atoms with Crippen molar-refractivity contribution in [1.29, 1.82) is 0 Å². The Bertz CT molecular complexity index is 914. The second-order valence-corrected chi connectivity index (χ2v) is 9.83. The van der Waals surface area contributed by atoms with E-state index in [1.54, 1.807) is 16.2 Å². The van der Waals surface area contributed by atoms with Gasteiger partial charge in [-0.05, 0) is 49.2 Å². The lowest BCUT2D eigenvalue weighted by Gasteiger charge is -2.36. The third-order valence-corrected chi connectivity index (χ3v) is 6.30. The van der Waals surface area contributed by atoms with Gasteiger partial charge < -0.3 is 9.80 Å². The molecule has 0 fully saturated rings. The van der Waals surface area contributed by atoms with Crippen LogP contribution < -0.4 is 0 Å². The first kappa shape index (κ1) is 21.3. The Balaban J connectivity index is 1.81. The SMILES string of the molecule is CC(C)(C)N(CC(=O)N(Cc1ccccc1)Cc1cccs1)C(=O)c1cccs1. The summed E-state index contributed by atoms with van der Waals surface area (Å²) in [5, 5.41) is 3.90. The highest BCUT2D eigenvalue weighted by molar-refractivity contribution is 7.12. The molecule has 0 N–H and O–H groups in total. The molecule has 0 bridgehead atoms. The van der Waals surface area contributed by atoms with E-state index < -0.39 is 5.54 Å². The van der Waals surface area contributed by atoms with Crippen molar-refractivity contribution in [2.75, 3.05) is 6.54 Å². The van der Waals surface area contributed by atoms with Gasteiger partial charge in [0.05, 0.1) is 11.4 Å². The number of hydrogen-bond donors (Lipinski definition) is 0. The number of nitrogens with zero attached hydrogens (tertiary/aromatic N) is 2. The zero-order valence-corrected chi connectivity index (χ0v) is 18.6. The van der Waals surface area contributed by atoms with Gasteiger partial charge in [0.1, 0.15) is 6.54 Å². The average molecular weight is 427 g/mol. The van der Waals surface area contributed by atoms with Crippen LogP contribution in [0.25, 0.3) is 0 Å². The van der Waals surface area contributed by atoms with Gasteiger partial charge in [0, 0.05) is 17.0 Å². The van der Waals surface area contributed by atoms with E-state index in [1.807, 2.05) is 91.0 Å². The van der Waals surface area contributed by atoms with Crippen LogP contribution in [0.5, 0.6) is 0 Å². The van der Waals surface area contributed by atoms with E-state index in [-0.39, 0.29) is 18.4 Å². The quantitative estimate of drug-likeness (QED) is 0.516. The Kier molecular flexibility index (Phi) is 6.87. The van der Waals surface area contributed by atoms with Gasteiger partial charge in [0.2, 0.25) is 5.91 Å². The molecule has 0 saturated heterocycles. The highest BCUT2D eigenvalue weighted by Gasteiger charge is 2.31. The van der Waals surface area contributed by atoms with Crippen LogP contribution >= 0.6 is 22.7 Å². The van der Waals surface area contributed by atoms with Gasteiger partial charge in [0.25, 0.3) is 5.91 Å². The van der Waals surface area contributed by atoms with Crippen molar-refractivity contribution in [3.8, 4) is 0 Å². The molecule has 0 atom stereocenters. The van der Waals surface area contributed by atoms with Gasteiger partial charge in [-0.3, -0.25) is 9.59 Å². The van der Waals surface area contributed by atoms with Gasteiger partial charge in [-0.15, -0.1) is 22.7 Å². The minimum Gasteiger partial charge on any atom is -0.332 e. The molecule has 0 saturated carbocycles. The van der Waals surface area contributed by atoms with Gasteiger partial charge in [-0.2, -0.15) is 0 Å². The lowest BCUT2D eigenvalue weighted by atomic mass is 10.1. The zero-order chi connectivity index (χ0) is 20.9. The van der Waals surface area contributed by atoms with Crippen LogP contribution in [0.15, 0.2) is 65.4 Å². The normalized spacial score (nSPS) is 11.3. The summed E-state index contributed by atoms with van der Waals surface area (Å²) >= 11 is 3.04. The Hall–Kier alpha value is -2.44. The number of carbonyl (C=O) groups excluding carboxylic acids is 2. The summed E-state index contributed by atoms with van der Waals surface area (Å²) in [5.74, 6) is -0.154. The van der Waals surface area contributed by atoms with E-state index >= 15 is 0 Å². The number of hydrogen-bond acceptors (Lipinski definition) is 4. The van der Waals surface area contributed by atoms with E-state index in [0.29, 0.717) is 18.0 Å². The standard InChI is InChI=1S/C23H26N2O2S2/c1-23(2,3)25(22(27)20-12-8-14-29-20)17-21(26)24(16-19-11-7-13-28-19)15-18-9-5-4-6-10-18/h4-14H,15-17H2,1-3H3. The summed E-state index contributed by atoms with van der Waals surface area (Å²) in [6, 6.07) is 17.7. The number of carbonyl (C=O) groups is 2. The summed E-state index contributed by atoms with van der Waals surface area (Å²) in [7, 11) is 0. The monoisotopic (exact) mass is 426 g/mol. The third kappa shape index (κ3) is 5.78. The fourth-order valence-electron chi connectivity index (χ4n) is 3.01. The Morgan fingerprint density at radius 1 is 0.862 bits per heavy atom. The summed E-state index contributed by atoms with van der Waals surface area (Å²) in [6.07, 6.45) is 0. The molecule has 2 heterocycles. The molecule has 3 rings (SSSR count). The molecule has 0 unspecified atom stereocenters. The summed E-state index contributed by atoms with van der Waals surface area (Å²) < 4.78 is 0. The molecule has 152 valence electrons. The molecule has 29 heavy (non-hydrogen) atoms. The first-order valence-corrected chi connectivity index (χ1v) is 11.3. The fourth-order valence-corrected chi connectivity index (χ4v) is 4.40. The lowest BCUT2D eigenvalue weighted by Crippen LogP contribution is -2.50. The van der Waals surface area contributed by atoms with Crippen molar-refractivity contribution < 1.29 is 9.59 Å². The molecule has 2 aromatic heterocycles. The average Bonchev–Trinajstić information content (AvgIpc) is 3.39. The maximum atomic E-state index is 13.3. The van der Waals surface area contributed by atoms with Crippen molar-refractivity contribution >= 4 is 34.5 Å². The van der Waals surface area contributed by atoms with Crippen LogP contribution in [0.3, 0.4) is 0 Å². The molecule has 0 radical (unpaired) electrons. The van der Waals surface area contributed by atoms with E-state index in [4.69, 9.17) is 0 Å². The van der Waals surface area contributed by atoms with Crippen molar-refractivity contribution in [2.24, 2.45) is 0 Å². The molecule has 1 aromatic carbocycles. The third-order valence-electron chi connectivity index (χ3n) is 4.58.